The summed E-state index contributed by atoms with van der Waals surface area (Å²) in [4.78, 5) is 45.1. The molecule has 9 heteroatoms. The molecule has 0 spiro atoms. The first kappa shape index (κ1) is 23.0. The average molecular weight is 470 g/mol. The number of ether oxygens (including phenoxy) is 2. The van der Waals surface area contributed by atoms with E-state index >= 15 is 0 Å². The first-order chi connectivity index (χ1) is 16.0. The second kappa shape index (κ2) is 10.2. The Morgan fingerprint density at radius 1 is 1.27 bits per heavy atom. The summed E-state index contributed by atoms with van der Waals surface area (Å²) in [5.74, 6) is -0.286. The van der Waals surface area contributed by atoms with Gasteiger partial charge in [0, 0.05) is 36.2 Å². The van der Waals surface area contributed by atoms with Gasteiger partial charge in [0.05, 0.1) is 24.8 Å². The molecule has 1 aliphatic heterocycles. The highest BCUT2D eigenvalue weighted by Gasteiger charge is 2.42. The van der Waals surface area contributed by atoms with Crippen LogP contribution in [0.1, 0.15) is 49.9 Å². The van der Waals surface area contributed by atoms with E-state index in [0.717, 1.165) is 18.4 Å². The van der Waals surface area contributed by atoms with Crippen molar-refractivity contribution >= 4 is 28.2 Å². The van der Waals surface area contributed by atoms with Gasteiger partial charge >= 0.3 is 5.97 Å². The zero-order valence-electron chi connectivity index (χ0n) is 18.7. The van der Waals surface area contributed by atoms with Crippen LogP contribution in [0.3, 0.4) is 0 Å². The van der Waals surface area contributed by atoms with Crippen LogP contribution in [-0.2, 0) is 20.9 Å². The number of aromatic nitrogens is 2. The number of hydrogen-bond donors (Lipinski definition) is 0. The summed E-state index contributed by atoms with van der Waals surface area (Å²) in [7, 11) is 1.58. The molecular weight excluding hydrogens is 442 g/mol. The highest BCUT2D eigenvalue weighted by Crippen LogP contribution is 2.41. The minimum Gasteiger partial charge on any atom is -0.496 e. The summed E-state index contributed by atoms with van der Waals surface area (Å²) in [6.07, 6.45) is 4.11. The normalized spacial score (nSPS) is 18.5. The summed E-state index contributed by atoms with van der Waals surface area (Å²) < 4.78 is 12.6. The number of hydrogen-bond acceptors (Lipinski definition) is 7. The minimum absolute atomic E-state index is 0.0289. The third-order valence-electron chi connectivity index (χ3n) is 5.94. The quantitative estimate of drug-likeness (QED) is 0.469. The maximum Gasteiger partial charge on any atom is 0.311 e. The highest BCUT2D eigenvalue weighted by molar-refractivity contribution is 7.15. The van der Waals surface area contributed by atoms with Gasteiger partial charge in [-0.15, -0.1) is 11.3 Å². The third kappa shape index (κ3) is 4.78. The van der Waals surface area contributed by atoms with E-state index in [1.807, 2.05) is 24.3 Å². The number of carbonyl (C=O) groups excluding carboxylic acids is 2. The Morgan fingerprint density at radius 2 is 2.09 bits per heavy atom. The van der Waals surface area contributed by atoms with Gasteiger partial charge in [0.1, 0.15) is 12.4 Å². The number of unbranched alkanes of at least 4 members (excludes halogenated alkanes) is 1. The van der Waals surface area contributed by atoms with Crippen LogP contribution in [0.15, 0.2) is 46.7 Å². The number of nitrogens with zero attached hydrogens (tertiary/aromatic N) is 3. The Kier molecular flexibility index (Phi) is 7.08. The van der Waals surface area contributed by atoms with Crippen molar-refractivity contribution in [1.29, 1.82) is 0 Å². The highest BCUT2D eigenvalue weighted by atomic mass is 32.1. The number of rotatable bonds is 8. The zero-order valence-corrected chi connectivity index (χ0v) is 19.5. The summed E-state index contributed by atoms with van der Waals surface area (Å²) in [6, 6.07) is 8.38. The number of likely N-dealkylation sites (tertiary alicyclic amines) is 1. The number of thiazole rings is 1. The van der Waals surface area contributed by atoms with Gasteiger partial charge < -0.3 is 14.4 Å². The van der Waals surface area contributed by atoms with Crippen molar-refractivity contribution < 1.29 is 19.1 Å². The van der Waals surface area contributed by atoms with Gasteiger partial charge in [0.25, 0.3) is 5.56 Å². The summed E-state index contributed by atoms with van der Waals surface area (Å²) in [6.45, 7) is 2.54. The number of amides is 1. The summed E-state index contributed by atoms with van der Waals surface area (Å²) in [5, 5.41) is 1.78. The van der Waals surface area contributed by atoms with Gasteiger partial charge in [-0.05, 0) is 18.9 Å². The lowest BCUT2D eigenvalue weighted by atomic mass is 9.83. The Bertz CT molecular complexity index is 1200. The molecule has 1 aromatic carbocycles. The van der Waals surface area contributed by atoms with Crippen molar-refractivity contribution in [2.75, 3.05) is 13.7 Å². The lowest BCUT2D eigenvalue weighted by Crippen LogP contribution is -2.46. The maximum atomic E-state index is 13.3. The molecule has 1 amide bonds. The molecule has 1 saturated heterocycles. The van der Waals surface area contributed by atoms with Gasteiger partial charge in [-0.1, -0.05) is 31.5 Å². The summed E-state index contributed by atoms with van der Waals surface area (Å²) >= 11 is 1.34. The van der Waals surface area contributed by atoms with Crippen LogP contribution in [0, 0.1) is 5.92 Å². The first-order valence-corrected chi connectivity index (χ1v) is 12.0. The number of fused-ring (bicyclic) bond motifs is 1. The molecule has 1 fully saturated rings. The van der Waals surface area contributed by atoms with Crippen LogP contribution in [0.2, 0.25) is 0 Å². The fourth-order valence-corrected chi connectivity index (χ4v) is 5.04. The number of benzene rings is 1. The number of piperidine rings is 1. The van der Waals surface area contributed by atoms with E-state index in [9.17, 15) is 14.4 Å². The molecule has 0 saturated carbocycles. The molecule has 0 bridgehead atoms. The van der Waals surface area contributed by atoms with E-state index in [4.69, 9.17) is 9.47 Å². The fourth-order valence-electron chi connectivity index (χ4n) is 4.30. The van der Waals surface area contributed by atoms with E-state index < -0.39 is 17.9 Å². The van der Waals surface area contributed by atoms with Crippen molar-refractivity contribution in [2.24, 2.45) is 5.92 Å². The lowest BCUT2D eigenvalue weighted by Gasteiger charge is -2.40. The molecule has 8 nitrogen and oxygen atoms in total. The van der Waals surface area contributed by atoms with E-state index in [1.54, 1.807) is 23.6 Å². The smallest absolute Gasteiger partial charge is 0.311 e. The molecule has 0 radical (unpaired) electrons. The number of methoxy groups -OCH3 is 1. The Balaban J connectivity index is 1.60. The molecule has 3 heterocycles. The van der Waals surface area contributed by atoms with E-state index in [1.165, 1.54) is 21.8 Å². The number of esters is 1. The fraction of sp³-hybridized carbons (Fsp3) is 0.417. The Hall–Kier alpha value is -3.20. The van der Waals surface area contributed by atoms with E-state index in [-0.39, 0.29) is 24.5 Å². The molecule has 174 valence electrons. The first-order valence-electron chi connectivity index (χ1n) is 11.1. The van der Waals surface area contributed by atoms with E-state index in [2.05, 4.69) is 11.9 Å². The molecule has 2 aromatic heterocycles. The van der Waals surface area contributed by atoms with Gasteiger partial charge in [0.2, 0.25) is 5.91 Å². The molecule has 3 aromatic rings. The third-order valence-corrected chi connectivity index (χ3v) is 6.69. The van der Waals surface area contributed by atoms with Gasteiger partial charge in [0.15, 0.2) is 4.96 Å². The monoisotopic (exact) mass is 469 g/mol. The molecule has 33 heavy (non-hydrogen) atoms. The standard InChI is InChI=1S/C24H27N3O5S/c1-3-4-11-26-20(28)10-9-18(22(26)17-7-5-6-8-19(17)31-2)23(30)32-15-16-14-21(29)27-12-13-33-24(27)25-16/h5-8,12-14,18,22H,3-4,9-11,15H2,1-2H3/t18-,22-/m0/s1. The molecule has 1 aliphatic rings. The van der Waals surface area contributed by atoms with Crippen LogP contribution in [0.25, 0.3) is 4.96 Å². The predicted molar refractivity (Wildman–Crippen MR) is 124 cm³/mol. The van der Waals surface area contributed by atoms with Gasteiger partial charge in [-0.3, -0.25) is 18.8 Å². The van der Waals surface area contributed by atoms with Gasteiger partial charge in [-0.2, -0.15) is 0 Å². The number of carbonyl (C=O) groups is 2. The van der Waals surface area contributed by atoms with Crippen LogP contribution >= 0.6 is 11.3 Å². The van der Waals surface area contributed by atoms with Crippen molar-refractivity contribution in [3.05, 3.63) is 63.5 Å². The van der Waals surface area contributed by atoms with Crippen molar-refractivity contribution in [3.8, 4) is 5.75 Å². The zero-order chi connectivity index (χ0) is 23.4. The number of para-hydroxylation sites is 1. The van der Waals surface area contributed by atoms with Crippen molar-refractivity contribution in [2.45, 2.75) is 45.3 Å². The molecule has 4 rings (SSSR count). The molecule has 0 N–H and O–H groups in total. The Labute approximate surface area is 195 Å². The van der Waals surface area contributed by atoms with Crippen molar-refractivity contribution in [3.63, 3.8) is 0 Å². The summed E-state index contributed by atoms with van der Waals surface area (Å²) in [5.41, 5.74) is 0.982. The molecule has 2 atom stereocenters. The SMILES string of the molecule is CCCCN1C(=O)CC[C@H](C(=O)OCc2cc(=O)n3ccsc3n2)[C@@H]1c1ccccc1OC. The molecular formula is C24H27N3O5S. The largest absolute Gasteiger partial charge is 0.496 e. The second-order valence-corrected chi connectivity index (χ2v) is 8.89. The minimum atomic E-state index is -0.539. The van der Waals surface area contributed by atoms with Crippen molar-refractivity contribution in [1.82, 2.24) is 14.3 Å². The second-order valence-electron chi connectivity index (χ2n) is 8.02. The van der Waals surface area contributed by atoms with Crippen LogP contribution in [0.4, 0.5) is 0 Å². The van der Waals surface area contributed by atoms with Crippen LogP contribution in [-0.4, -0.2) is 39.8 Å². The Morgan fingerprint density at radius 3 is 2.88 bits per heavy atom. The predicted octanol–water partition coefficient (Wildman–Crippen LogP) is 3.59. The average Bonchev–Trinajstić information content (AvgIpc) is 3.31. The van der Waals surface area contributed by atoms with Crippen LogP contribution in [0.5, 0.6) is 5.75 Å². The van der Waals surface area contributed by atoms with E-state index in [0.29, 0.717) is 29.4 Å². The molecule has 0 aliphatic carbocycles. The maximum absolute atomic E-state index is 13.3. The lowest BCUT2D eigenvalue weighted by molar-refractivity contribution is -0.158. The van der Waals surface area contributed by atoms with Crippen LogP contribution < -0.4 is 10.3 Å². The topological polar surface area (TPSA) is 90.2 Å². The molecule has 0 unspecified atom stereocenters. The van der Waals surface area contributed by atoms with Gasteiger partial charge in [-0.25, -0.2) is 4.98 Å².